The minimum absolute atomic E-state index is 0.135. The molecule has 0 bridgehead atoms. The number of piperidine rings is 1. The third kappa shape index (κ3) is 6.16. The summed E-state index contributed by atoms with van der Waals surface area (Å²) in [6.07, 6.45) is 8.28. The van der Waals surface area contributed by atoms with Crippen molar-refractivity contribution in [2.24, 2.45) is 11.8 Å². The van der Waals surface area contributed by atoms with Crippen LogP contribution in [0.2, 0.25) is 0 Å². The quantitative estimate of drug-likeness (QED) is 0.777. The molecule has 2 rings (SSSR count). The highest BCUT2D eigenvalue weighted by molar-refractivity contribution is 5.68. The molecule has 0 spiro atoms. The molecule has 0 radical (unpaired) electrons. The summed E-state index contributed by atoms with van der Waals surface area (Å²) in [5.41, 5.74) is -0.420. The zero-order chi connectivity index (χ0) is 18.6. The average Bonchev–Trinajstić information content (AvgIpc) is 2.50. The van der Waals surface area contributed by atoms with E-state index in [4.69, 9.17) is 4.74 Å². The predicted octanol–water partition coefficient (Wildman–Crippen LogP) is 4.97. The van der Waals surface area contributed by atoms with Crippen molar-refractivity contribution < 1.29 is 9.53 Å². The molecule has 1 saturated carbocycles. The first-order valence-electron chi connectivity index (χ1n) is 10.4. The van der Waals surface area contributed by atoms with Gasteiger partial charge in [0.05, 0.1) is 0 Å². The van der Waals surface area contributed by atoms with E-state index in [-0.39, 0.29) is 6.09 Å². The summed E-state index contributed by atoms with van der Waals surface area (Å²) in [6.45, 7) is 13.7. The molecular weight excluding hydrogens is 312 g/mol. The lowest BCUT2D eigenvalue weighted by molar-refractivity contribution is 0.00753. The molecule has 1 amide bonds. The van der Waals surface area contributed by atoms with Crippen LogP contribution in [0.15, 0.2) is 0 Å². The Morgan fingerprint density at radius 1 is 1.16 bits per heavy atom. The van der Waals surface area contributed by atoms with Crippen LogP contribution in [0.3, 0.4) is 0 Å². The summed E-state index contributed by atoms with van der Waals surface area (Å²) in [5.74, 6) is 1.55. The lowest BCUT2D eigenvalue weighted by Crippen LogP contribution is -2.50. The van der Waals surface area contributed by atoms with Gasteiger partial charge in [0.1, 0.15) is 5.60 Å². The summed E-state index contributed by atoms with van der Waals surface area (Å²) >= 11 is 0. The molecule has 25 heavy (non-hydrogen) atoms. The molecule has 0 aromatic carbocycles. The monoisotopic (exact) mass is 352 g/mol. The van der Waals surface area contributed by atoms with E-state index in [1.165, 1.54) is 25.7 Å². The minimum atomic E-state index is -0.420. The van der Waals surface area contributed by atoms with Crippen LogP contribution in [0.4, 0.5) is 4.79 Å². The molecule has 5 atom stereocenters. The fourth-order valence-corrected chi connectivity index (χ4v) is 4.47. The van der Waals surface area contributed by atoms with Gasteiger partial charge >= 0.3 is 6.09 Å². The van der Waals surface area contributed by atoms with Crippen molar-refractivity contribution in [2.45, 2.75) is 110 Å². The van der Waals surface area contributed by atoms with Crippen molar-refractivity contribution in [2.75, 3.05) is 6.54 Å². The fraction of sp³-hybridized carbons (Fsp3) is 0.952. The Balaban J connectivity index is 1.90. The zero-order valence-electron chi connectivity index (χ0n) is 17.3. The van der Waals surface area contributed by atoms with Crippen LogP contribution in [0.25, 0.3) is 0 Å². The van der Waals surface area contributed by atoms with E-state index in [9.17, 15) is 4.79 Å². The number of rotatable bonds is 4. The lowest BCUT2D eigenvalue weighted by atomic mass is 9.77. The van der Waals surface area contributed by atoms with Crippen LogP contribution >= 0.6 is 0 Å². The van der Waals surface area contributed by atoms with E-state index in [1.807, 2.05) is 25.7 Å². The maximum Gasteiger partial charge on any atom is 0.410 e. The molecule has 1 saturated heterocycles. The number of carbonyl (C=O) groups excluding carboxylic acids is 1. The van der Waals surface area contributed by atoms with Gasteiger partial charge in [-0.05, 0) is 71.6 Å². The largest absolute Gasteiger partial charge is 0.444 e. The predicted molar refractivity (Wildman–Crippen MR) is 104 cm³/mol. The highest BCUT2D eigenvalue weighted by Crippen LogP contribution is 2.30. The SMILES string of the molecule is CC(CC1CCCCN1C(=O)OC(C)(C)C)NC1CCCC(C)C1C. The Labute approximate surface area is 155 Å². The van der Waals surface area contributed by atoms with Crippen LogP contribution in [-0.2, 0) is 4.74 Å². The van der Waals surface area contributed by atoms with Crippen molar-refractivity contribution >= 4 is 6.09 Å². The van der Waals surface area contributed by atoms with Crippen molar-refractivity contribution in [3.63, 3.8) is 0 Å². The molecule has 5 unspecified atom stereocenters. The second kappa shape index (κ2) is 8.75. The van der Waals surface area contributed by atoms with Gasteiger partial charge in [0.15, 0.2) is 0 Å². The van der Waals surface area contributed by atoms with Gasteiger partial charge in [-0.1, -0.05) is 26.7 Å². The van der Waals surface area contributed by atoms with E-state index < -0.39 is 5.60 Å². The number of amides is 1. The van der Waals surface area contributed by atoms with Gasteiger partial charge in [0.25, 0.3) is 0 Å². The number of ether oxygens (including phenoxy) is 1. The van der Waals surface area contributed by atoms with Crippen molar-refractivity contribution in [1.82, 2.24) is 10.2 Å². The fourth-order valence-electron chi connectivity index (χ4n) is 4.47. The van der Waals surface area contributed by atoms with Crippen LogP contribution in [0, 0.1) is 11.8 Å². The number of hydrogen-bond acceptors (Lipinski definition) is 3. The molecule has 1 heterocycles. The van der Waals surface area contributed by atoms with Gasteiger partial charge in [0, 0.05) is 24.7 Å². The topological polar surface area (TPSA) is 41.6 Å². The minimum Gasteiger partial charge on any atom is -0.444 e. The van der Waals surface area contributed by atoms with E-state index in [1.54, 1.807) is 0 Å². The van der Waals surface area contributed by atoms with Crippen LogP contribution in [0.5, 0.6) is 0 Å². The van der Waals surface area contributed by atoms with Crippen LogP contribution in [0.1, 0.15) is 86.5 Å². The van der Waals surface area contributed by atoms with Crippen LogP contribution < -0.4 is 5.32 Å². The first-order valence-corrected chi connectivity index (χ1v) is 10.4. The number of hydrogen-bond donors (Lipinski definition) is 1. The van der Waals surface area contributed by atoms with E-state index in [2.05, 4.69) is 26.1 Å². The normalized spacial score (nSPS) is 32.3. The van der Waals surface area contributed by atoms with Gasteiger partial charge in [0.2, 0.25) is 0 Å². The van der Waals surface area contributed by atoms with Gasteiger partial charge < -0.3 is 15.0 Å². The van der Waals surface area contributed by atoms with Gasteiger partial charge in [-0.25, -0.2) is 4.79 Å². The second-order valence-corrected chi connectivity index (χ2v) is 9.50. The molecule has 1 aliphatic carbocycles. The van der Waals surface area contributed by atoms with E-state index >= 15 is 0 Å². The van der Waals surface area contributed by atoms with Gasteiger partial charge in [-0.15, -0.1) is 0 Å². The van der Waals surface area contributed by atoms with E-state index in [0.717, 1.165) is 37.6 Å². The molecule has 0 aromatic rings. The molecule has 2 fully saturated rings. The lowest BCUT2D eigenvalue weighted by Gasteiger charge is -2.40. The number of likely N-dealkylation sites (tertiary alicyclic amines) is 1. The molecule has 4 nitrogen and oxygen atoms in total. The number of nitrogens with zero attached hydrogens (tertiary/aromatic N) is 1. The molecular formula is C21H40N2O2. The maximum absolute atomic E-state index is 12.6. The highest BCUT2D eigenvalue weighted by Gasteiger charge is 2.33. The second-order valence-electron chi connectivity index (χ2n) is 9.50. The third-order valence-corrected chi connectivity index (χ3v) is 6.09. The maximum atomic E-state index is 12.6. The molecule has 2 aliphatic rings. The molecule has 1 aliphatic heterocycles. The van der Waals surface area contributed by atoms with Crippen molar-refractivity contribution in [3.8, 4) is 0 Å². The Morgan fingerprint density at radius 2 is 1.88 bits per heavy atom. The molecule has 1 N–H and O–H groups in total. The van der Waals surface area contributed by atoms with Crippen molar-refractivity contribution in [3.05, 3.63) is 0 Å². The Morgan fingerprint density at radius 3 is 2.56 bits per heavy atom. The zero-order valence-corrected chi connectivity index (χ0v) is 17.3. The standard InChI is InChI=1S/C21H40N2O2/c1-15-10-9-12-19(17(15)3)22-16(2)14-18-11-7-8-13-23(18)20(24)25-21(4,5)6/h15-19,22H,7-14H2,1-6H3. The molecule has 4 heteroatoms. The Hall–Kier alpha value is -0.770. The smallest absolute Gasteiger partial charge is 0.410 e. The summed E-state index contributed by atoms with van der Waals surface area (Å²) in [4.78, 5) is 14.6. The van der Waals surface area contributed by atoms with Gasteiger partial charge in [-0.3, -0.25) is 0 Å². The first kappa shape index (κ1) is 20.5. The Kier molecular flexibility index (Phi) is 7.19. The van der Waals surface area contributed by atoms with E-state index in [0.29, 0.717) is 18.1 Å². The average molecular weight is 353 g/mol. The number of carbonyl (C=O) groups is 1. The highest BCUT2D eigenvalue weighted by atomic mass is 16.6. The third-order valence-electron chi connectivity index (χ3n) is 6.09. The molecule has 0 aromatic heterocycles. The van der Waals surface area contributed by atoms with Crippen molar-refractivity contribution in [1.29, 1.82) is 0 Å². The summed E-state index contributed by atoms with van der Waals surface area (Å²) in [6, 6.07) is 1.37. The number of nitrogens with one attached hydrogen (secondary N) is 1. The summed E-state index contributed by atoms with van der Waals surface area (Å²) in [7, 11) is 0. The first-order chi connectivity index (χ1) is 11.7. The Bertz CT molecular complexity index is 432. The summed E-state index contributed by atoms with van der Waals surface area (Å²) < 4.78 is 5.64. The summed E-state index contributed by atoms with van der Waals surface area (Å²) in [5, 5.41) is 3.88. The van der Waals surface area contributed by atoms with Crippen LogP contribution in [-0.4, -0.2) is 41.3 Å². The van der Waals surface area contributed by atoms with Gasteiger partial charge in [-0.2, -0.15) is 0 Å². The molecule has 146 valence electrons.